The molecular weight excluding hydrogens is 326 g/mol. The Labute approximate surface area is 148 Å². The highest BCUT2D eigenvalue weighted by molar-refractivity contribution is 6.30. The van der Waals surface area contributed by atoms with Gasteiger partial charge < -0.3 is 10.1 Å². The normalized spacial score (nSPS) is 22.1. The molecule has 2 heterocycles. The molecule has 130 valence electrons. The number of benzene rings is 1. The number of piperazine rings is 1. The number of hydrogen-bond acceptors (Lipinski definition) is 4. The number of amides is 1. The lowest BCUT2D eigenvalue weighted by atomic mass is 10.1. The average molecular weight is 350 g/mol. The maximum absolute atomic E-state index is 12.1. The molecule has 0 bridgehead atoms. The van der Waals surface area contributed by atoms with Gasteiger partial charge >= 0.3 is 0 Å². The molecule has 1 saturated heterocycles. The monoisotopic (exact) mass is 349 g/mol. The standard InChI is InChI=1S/C18H24ClN3O2/c19-15-4-6-16(7-5-15)20-18(23)14-22-10-8-21(9-11-22)13-17-3-1-2-12-24-17/h2,4-7,12,17H,1,3,8-11,13-14H2,(H,20,23)/t17-/m0/s1. The maximum Gasteiger partial charge on any atom is 0.238 e. The molecule has 5 nitrogen and oxygen atoms in total. The summed E-state index contributed by atoms with van der Waals surface area (Å²) in [6.07, 6.45) is 6.42. The van der Waals surface area contributed by atoms with E-state index in [9.17, 15) is 4.79 Å². The molecule has 0 saturated carbocycles. The Balaban J connectivity index is 1.37. The van der Waals surface area contributed by atoms with Crippen molar-refractivity contribution in [2.45, 2.75) is 18.9 Å². The minimum absolute atomic E-state index is 0.0199. The van der Waals surface area contributed by atoms with Crippen molar-refractivity contribution < 1.29 is 9.53 Å². The van der Waals surface area contributed by atoms with Crippen molar-refractivity contribution in [2.75, 3.05) is 44.6 Å². The van der Waals surface area contributed by atoms with Gasteiger partial charge in [0.05, 0.1) is 12.8 Å². The van der Waals surface area contributed by atoms with Crippen molar-refractivity contribution in [3.63, 3.8) is 0 Å². The van der Waals surface area contributed by atoms with Crippen LogP contribution in [0, 0.1) is 0 Å². The molecule has 0 aliphatic carbocycles. The van der Waals surface area contributed by atoms with E-state index in [2.05, 4.69) is 21.2 Å². The Bertz CT molecular complexity index is 568. The van der Waals surface area contributed by atoms with Crippen LogP contribution in [-0.2, 0) is 9.53 Å². The van der Waals surface area contributed by atoms with Crippen molar-refractivity contribution in [1.29, 1.82) is 0 Å². The van der Waals surface area contributed by atoms with Gasteiger partial charge in [-0.15, -0.1) is 0 Å². The van der Waals surface area contributed by atoms with Crippen LogP contribution in [0.2, 0.25) is 5.02 Å². The van der Waals surface area contributed by atoms with Crippen LogP contribution in [0.1, 0.15) is 12.8 Å². The van der Waals surface area contributed by atoms with Crippen molar-refractivity contribution in [3.8, 4) is 0 Å². The zero-order valence-electron chi connectivity index (χ0n) is 13.8. The number of hydrogen-bond donors (Lipinski definition) is 1. The van der Waals surface area contributed by atoms with E-state index in [1.165, 1.54) is 0 Å². The highest BCUT2D eigenvalue weighted by Crippen LogP contribution is 2.14. The molecule has 2 aliphatic rings. The minimum Gasteiger partial charge on any atom is -0.497 e. The first-order valence-electron chi connectivity index (χ1n) is 8.49. The molecule has 1 aromatic carbocycles. The fourth-order valence-electron chi connectivity index (χ4n) is 3.07. The number of carbonyl (C=O) groups excluding carboxylic acids is 1. The topological polar surface area (TPSA) is 44.8 Å². The second-order valence-electron chi connectivity index (χ2n) is 6.34. The molecule has 1 amide bonds. The first-order chi connectivity index (χ1) is 11.7. The number of halogens is 1. The van der Waals surface area contributed by atoms with E-state index in [1.807, 2.05) is 18.4 Å². The van der Waals surface area contributed by atoms with Gasteiger partial charge in [0.25, 0.3) is 0 Å². The number of allylic oxidation sites excluding steroid dienone is 1. The van der Waals surface area contributed by atoms with Gasteiger partial charge in [0.15, 0.2) is 0 Å². The number of nitrogens with zero attached hydrogens (tertiary/aromatic N) is 2. The lowest BCUT2D eigenvalue weighted by Crippen LogP contribution is -2.50. The Morgan fingerprint density at radius 3 is 2.54 bits per heavy atom. The second-order valence-corrected chi connectivity index (χ2v) is 6.78. The van der Waals surface area contributed by atoms with E-state index in [-0.39, 0.29) is 5.91 Å². The van der Waals surface area contributed by atoms with E-state index in [1.54, 1.807) is 12.1 Å². The molecule has 0 unspecified atom stereocenters. The number of carbonyl (C=O) groups is 1. The molecule has 2 aliphatic heterocycles. The zero-order valence-corrected chi connectivity index (χ0v) is 14.5. The molecule has 6 heteroatoms. The Morgan fingerprint density at radius 2 is 1.88 bits per heavy atom. The molecule has 1 atom stereocenters. The van der Waals surface area contributed by atoms with E-state index in [4.69, 9.17) is 16.3 Å². The SMILES string of the molecule is O=C(CN1CCN(C[C@@H]2CCC=CO2)CC1)Nc1ccc(Cl)cc1. The van der Waals surface area contributed by atoms with Crippen LogP contribution in [0.4, 0.5) is 5.69 Å². The largest absolute Gasteiger partial charge is 0.497 e. The summed E-state index contributed by atoms with van der Waals surface area (Å²) in [4.78, 5) is 16.8. The van der Waals surface area contributed by atoms with E-state index < -0.39 is 0 Å². The summed E-state index contributed by atoms with van der Waals surface area (Å²) in [6.45, 7) is 5.21. The van der Waals surface area contributed by atoms with Crippen molar-refractivity contribution in [3.05, 3.63) is 41.6 Å². The number of ether oxygens (including phenoxy) is 1. The van der Waals surface area contributed by atoms with Gasteiger partial charge in [0, 0.05) is 43.4 Å². The summed E-state index contributed by atoms with van der Waals surface area (Å²) in [5.41, 5.74) is 0.783. The zero-order chi connectivity index (χ0) is 16.8. The third-order valence-electron chi connectivity index (χ3n) is 4.44. The van der Waals surface area contributed by atoms with Gasteiger partial charge in [-0.25, -0.2) is 0 Å². The van der Waals surface area contributed by atoms with Gasteiger partial charge in [-0.3, -0.25) is 14.6 Å². The second kappa shape index (κ2) is 8.51. The van der Waals surface area contributed by atoms with Gasteiger partial charge in [0.2, 0.25) is 5.91 Å². The van der Waals surface area contributed by atoms with Crippen molar-refractivity contribution in [1.82, 2.24) is 9.80 Å². The summed E-state index contributed by atoms with van der Waals surface area (Å²) in [6, 6.07) is 7.19. The van der Waals surface area contributed by atoms with Crippen LogP contribution < -0.4 is 5.32 Å². The molecule has 1 N–H and O–H groups in total. The Hall–Kier alpha value is -1.56. The van der Waals surface area contributed by atoms with E-state index >= 15 is 0 Å². The van der Waals surface area contributed by atoms with Crippen LogP contribution >= 0.6 is 11.6 Å². The lowest BCUT2D eigenvalue weighted by Gasteiger charge is -2.36. The number of rotatable bonds is 5. The number of anilines is 1. The third-order valence-corrected chi connectivity index (χ3v) is 4.70. The first-order valence-corrected chi connectivity index (χ1v) is 8.87. The summed E-state index contributed by atoms with van der Waals surface area (Å²) < 4.78 is 5.64. The van der Waals surface area contributed by atoms with Crippen LogP contribution in [0.5, 0.6) is 0 Å². The van der Waals surface area contributed by atoms with Crippen molar-refractivity contribution in [2.24, 2.45) is 0 Å². The molecule has 3 rings (SSSR count). The molecule has 24 heavy (non-hydrogen) atoms. The van der Waals surface area contributed by atoms with Crippen LogP contribution in [0.25, 0.3) is 0 Å². The highest BCUT2D eigenvalue weighted by Gasteiger charge is 2.22. The fraction of sp³-hybridized carbons (Fsp3) is 0.500. The molecule has 1 aromatic rings. The Kier molecular flexibility index (Phi) is 6.12. The molecule has 1 fully saturated rings. The van der Waals surface area contributed by atoms with Crippen LogP contribution in [0.15, 0.2) is 36.6 Å². The fourth-order valence-corrected chi connectivity index (χ4v) is 3.20. The first kappa shape index (κ1) is 17.3. The summed E-state index contributed by atoms with van der Waals surface area (Å²) >= 11 is 5.85. The predicted octanol–water partition coefficient (Wildman–Crippen LogP) is 2.59. The quantitative estimate of drug-likeness (QED) is 0.887. The maximum atomic E-state index is 12.1. The number of nitrogens with one attached hydrogen (secondary N) is 1. The van der Waals surface area contributed by atoms with Gasteiger partial charge in [-0.1, -0.05) is 11.6 Å². The molecule has 0 aromatic heterocycles. The minimum atomic E-state index is 0.0199. The van der Waals surface area contributed by atoms with Crippen LogP contribution in [0.3, 0.4) is 0 Å². The summed E-state index contributed by atoms with van der Waals surface area (Å²) in [7, 11) is 0. The van der Waals surface area contributed by atoms with Crippen LogP contribution in [-0.4, -0.2) is 61.1 Å². The Morgan fingerprint density at radius 1 is 1.17 bits per heavy atom. The smallest absolute Gasteiger partial charge is 0.238 e. The summed E-state index contributed by atoms with van der Waals surface area (Å²) in [5, 5.41) is 3.58. The summed E-state index contributed by atoms with van der Waals surface area (Å²) in [5.74, 6) is 0.0199. The van der Waals surface area contributed by atoms with Gasteiger partial charge in [-0.05, 0) is 43.2 Å². The average Bonchev–Trinajstić information content (AvgIpc) is 2.60. The van der Waals surface area contributed by atoms with Gasteiger partial charge in [-0.2, -0.15) is 0 Å². The van der Waals surface area contributed by atoms with E-state index in [0.29, 0.717) is 17.7 Å². The van der Waals surface area contributed by atoms with Crippen molar-refractivity contribution >= 4 is 23.2 Å². The highest BCUT2D eigenvalue weighted by atomic mass is 35.5. The molecule has 0 spiro atoms. The van der Waals surface area contributed by atoms with E-state index in [0.717, 1.165) is 51.3 Å². The lowest BCUT2D eigenvalue weighted by molar-refractivity contribution is -0.117. The molecule has 0 radical (unpaired) electrons. The molecular formula is C18H24ClN3O2. The van der Waals surface area contributed by atoms with Gasteiger partial charge in [0.1, 0.15) is 6.10 Å². The third kappa shape index (κ3) is 5.23. The predicted molar refractivity (Wildman–Crippen MR) is 96.2 cm³/mol.